The van der Waals surface area contributed by atoms with Gasteiger partial charge in [0.15, 0.2) is 0 Å². The van der Waals surface area contributed by atoms with Gasteiger partial charge in [0.1, 0.15) is 0 Å². The molecule has 18 heavy (non-hydrogen) atoms. The molecule has 0 atom stereocenters. The number of hydrogen-bond acceptors (Lipinski definition) is 4. The van der Waals surface area contributed by atoms with Crippen LogP contribution in [-0.4, -0.2) is 42.6 Å². The molecule has 0 radical (unpaired) electrons. The minimum Gasteiger partial charge on any atom is -0.380 e. The summed E-state index contributed by atoms with van der Waals surface area (Å²) in [5, 5.41) is 13.1. The van der Waals surface area contributed by atoms with Gasteiger partial charge in [0.2, 0.25) is 0 Å². The standard InChI is InChI=1S/C13H20N2O3/c1-2-9-18-10-8-15(17)11-14-13(16)12-6-4-3-5-7-12/h3-7,17H,2,8-11H2,1H3,(H,14,16). The van der Waals surface area contributed by atoms with E-state index in [0.29, 0.717) is 25.3 Å². The van der Waals surface area contributed by atoms with E-state index >= 15 is 0 Å². The Morgan fingerprint density at radius 3 is 2.72 bits per heavy atom. The zero-order valence-electron chi connectivity index (χ0n) is 10.6. The molecular formula is C13H20N2O3. The topological polar surface area (TPSA) is 61.8 Å². The first-order chi connectivity index (χ1) is 8.74. The minimum absolute atomic E-state index is 0.0865. The molecule has 1 rings (SSSR count). The zero-order valence-corrected chi connectivity index (χ0v) is 10.6. The summed E-state index contributed by atoms with van der Waals surface area (Å²) in [5.74, 6) is -0.205. The van der Waals surface area contributed by atoms with Gasteiger partial charge in [0, 0.05) is 18.7 Å². The second-order valence-corrected chi connectivity index (χ2v) is 3.87. The molecule has 0 bridgehead atoms. The van der Waals surface area contributed by atoms with Crippen molar-refractivity contribution < 1.29 is 14.7 Å². The normalized spacial score (nSPS) is 10.6. The fourth-order valence-electron chi connectivity index (χ4n) is 1.35. The van der Waals surface area contributed by atoms with E-state index in [-0.39, 0.29) is 12.6 Å². The number of amides is 1. The molecule has 0 saturated carbocycles. The van der Waals surface area contributed by atoms with E-state index in [2.05, 4.69) is 5.32 Å². The Bertz CT molecular complexity index is 343. The van der Waals surface area contributed by atoms with E-state index in [1.54, 1.807) is 24.3 Å². The highest BCUT2D eigenvalue weighted by molar-refractivity contribution is 5.93. The summed E-state index contributed by atoms with van der Waals surface area (Å²) in [7, 11) is 0. The molecule has 0 aliphatic rings. The van der Waals surface area contributed by atoms with Crippen LogP contribution >= 0.6 is 0 Å². The lowest BCUT2D eigenvalue weighted by Crippen LogP contribution is -2.37. The van der Waals surface area contributed by atoms with Crippen LogP contribution in [0.4, 0.5) is 0 Å². The van der Waals surface area contributed by atoms with E-state index in [4.69, 9.17) is 4.74 Å². The van der Waals surface area contributed by atoms with E-state index in [1.165, 1.54) is 0 Å². The first kappa shape index (κ1) is 14.6. The van der Waals surface area contributed by atoms with Crippen LogP contribution in [-0.2, 0) is 4.74 Å². The highest BCUT2D eigenvalue weighted by atomic mass is 16.5. The lowest BCUT2D eigenvalue weighted by Gasteiger charge is -2.15. The van der Waals surface area contributed by atoms with Crippen LogP contribution < -0.4 is 5.32 Å². The van der Waals surface area contributed by atoms with Crippen molar-refractivity contribution in [1.29, 1.82) is 0 Å². The molecule has 5 nitrogen and oxygen atoms in total. The Hall–Kier alpha value is -1.43. The molecule has 1 aromatic rings. The summed E-state index contributed by atoms with van der Waals surface area (Å²) in [4.78, 5) is 11.6. The predicted molar refractivity (Wildman–Crippen MR) is 68.4 cm³/mol. The van der Waals surface area contributed by atoms with Crippen LogP contribution in [0.1, 0.15) is 23.7 Å². The van der Waals surface area contributed by atoms with Gasteiger partial charge in [0.25, 0.3) is 5.91 Å². The van der Waals surface area contributed by atoms with Gasteiger partial charge in [-0.15, -0.1) is 0 Å². The molecule has 0 aliphatic carbocycles. The van der Waals surface area contributed by atoms with Crippen molar-refractivity contribution in [2.75, 3.05) is 26.4 Å². The third-order valence-corrected chi connectivity index (χ3v) is 2.30. The first-order valence-corrected chi connectivity index (χ1v) is 6.09. The fraction of sp³-hybridized carbons (Fsp3) is 0.462. The number of hydrogen-bond donors (Lipinski definition) is 2. The maximum Gasteiger partial charge on any atom is 0.252 e. The summed E-state index contributed by atoms with van der Waals surface area (Å²) >= 11 is 0. The van der Waals surface area contributed by atoms with Crippen molar-refractivity contribution in [3.05, 3.63) is 35.9 Å². The minimum atomic E-state index is -0.205. The second-order valence-electron chi connectivity index (χ2n) is 3.87. The third-order valence-electron chi connectivity index (χ3n) is 2.30. The Morgan fingerprint density at radius 2 is 2.06 bits per heavy atom. The maximum atomic E-state index is 11.6. The first-order valence-electron chi connectivity index (χ1n) is 6.09. The monoisotopic (exact) mass is 252 g/mol. The van der Waals surface area contributed by atoms with E-state index < -0.39 is 0 Å². The van der Waals surface area contributed by atoms with Gasteiger partial charge in [-0.3, -0.25) is 4.79 Å². The number of carbonyl (C=O) groups is 1. The van der Waals surface area contributed by atoms with Crippen molar-refractivity contribution in [3.63, 3.8) is 0 Å². The highest BCUT2D eigenvalue weighted by Crippen LogP contribution is 1.97. The predicted octanol–water partition coefficient (Wildman–Crippen LogP) is 1.49. The SMILES string of the molecule is CCCOCCN(O)CNC(=O)c1ccccc1. The van der Waals surface area contributed by atoms with Gasteiger partial charge in [-0.05, 0) is 18.6 Å². The largest absolute Gasteiger partial charge is 0.380 e. The summed E-state index contributed by atoms with van der Waals surface area (Å²) in [6.45, 7) is 3.62. The summed E-state index contributed by atoms with van der Waals surface area (Å²) in [6.07, 6.45) is 0.955. The van der Waals surface area contributed by atoms with Gasteiger partial charge in [-0.2, -0.15) is 5.06 Å². The number of hydroxylamine groups is 2. The molecule has 1 aromatic carbocycles. The lowest BCUT2D eigenvalue weighted by molar-refractivity contribution is -0.107. The number of nitrogens with zero attached hydrogens (tertiary/aromatic N) is 1. The van der Waals surface area contributed by atoms with Crippen LogP contribution in [0.25, 0.3) is 0 Å². The van der Waals surface area contributed by atoms with Crippen LogP contribution in [0.3, 0.4) is 0 Å². The Morgan fingerprint density at radius 1 is 1.33 bits per heavy atom. The average molecular weight is 252 g/mol. The molecule has 1 amide bonds. The molecular weight excluding hydrogens is 232 g/mol. The number of nitrogens with one attached hydrogen (secondary N) is 1. The molecule has 5 heteroatoms. The third kappa shape index (κ3) is 5.77. The zero-order chi connectivity index (χ0) is 13.2. The Kier molecular flexibility index (Phi) is 7.01. The number of benzene rings is 1. The van der Waals surface area contributed by atoms with Gasteiger partial charge >= 0.3 is 0 Å². The van der Waals surface area contributed by atoms with E-state index in [9.17, 15) is 10.0 Å². The smallest absolute Gasteiger partial charge is 0.252 e. The molecule has 100 valence electrons. The highest BCUT2D eigenvalue weighted by Gasteiger charge is 2.06. The van der Waals surface area contributed by atoms with Crippen molar-refractivity contribution >= 4 is 5.91 Å². The lowest BCUT2D eigenvalue weighted by atomic mass is 10.2. The fourth-order valence-corrected chi connectivity index (χ4v) is 1.35. The summed E-state index contributed by atoms with van der Waals surface area (Å²) < 4.78 is 5.23. The van der Waals surface area contributed by atoms with E-state index in [1.807, 2.05) is 13.0 Å². The number of ether oxygens (including phenoxy) is 1. The summed E-state index contributed by atoms with van der Waals surface area (Å²) in [6, 6.07) is 8.89. The molecule has 0 aromatic heterocycles. The second kappa shape index (κ2) is 8.63. The van der Waals surface area contributed by atoms with E-state index in [0.717, 1.165) is 11.5 Å². The molecule has 0 spiro atoms. The molecule has 0 saturated heterocycles. The molecule has 0 unspecified atom stereocenters. The van der Waals surface area contributed by atoms with Crippen molar-refractivity contribution in [2.45, 2.75) is 13.3 Å². The summed E-state index contributed by atoms with van der Waals surface area (Å²) in [5.41, 5.74) is 0.577. The van der Waals surface area contributed by atoms with Gasteiger partial charge in [-0.1, -0.05) is 25.1 Å². The average Bonchev–Trinajstić information content (AvgIpc) is 2.42. The van der Waals surface area contributed by atoms with Crippen LogP contribution in [0.5, 0.6) is 0 Å². The van der Waals surface area contributed by atoms with Crippen LogP contribution in [0.15, 0.2) is 30.3 Å². The molecule has 0 heterocycles. The molecule has 2 N–H and O–H groups in total. The van der Waals surface area contributed by atoms with Gasteiger partial charge < -0.3 is 15.3 Å². The molecule has 0 aliphatic heterocycles. The van der Waals surface area contributed by atoms with Crippen molar-refractivity contribution in [1.82, 2.24) is 10.4 Å². The van der Waals surface area contributed by atoms with Crippen molar-refractivity contribution in [3.8, 4) is 0 Å². The number of carbonyl (C=O) groups excluding carboxylic acids is 1. The quantitative estimate of drug-likeness (QED) is 0.418. The van der Waals surface area contributed by atoms with Crippen LogP contribution in [0, 0.1) is 0 Å². The Labute approximate surface area is 107 Å². The molecule has 0 fully saturated rings. The van der Waals surface area contributed by atoms with Crippen LogP contribution in [0.2, 0.25) is 0 Å². The van der Waals surface area contributed by atoms with Gasteiger partial charge in [-0.25, -0.2) is 0 Å². The Balaban J connectivity index is 2.18. The maximum absolute atomic E-state index is 11.6. The van der Waals surface area contributed by atoms with Crippen molar-refractivity contribution in [2.24, 2.45) is 0 Å². The number of rotatable bonds is 8. The van der Waals surface area contributed by atoms with Gasteiger partial charge in [0.05, 0.1) is 13.3 Å².